The maximum Gasteiger partial charge on any atom is 0.338 e. The number of hydrogen-bond donors (Lipinski definition) is 4. The Labute approximate surface area is 211 Å². The van der Waals surface area contributed by atoms with E-state index in [-0.39, 0.29) is 13.2 Å². The van der Waals surface area contributed by atoms with Crippen LogP contribution in [0.15, 0.2) is 48.5 Å². The van der Waals surface area contributed by atoms with E-state index in [0.29, 0.717) is 22.6 Å². The largest absolute Gasteiger partial charge is 0.459 e. The van der Waals surface area contributed by atoms with Gasteiger partial charge in [0.05, 0.1) is 24.3 Å². The van der Waals surface area contributed by atoms with Gasteiger partial charge in [-0.2, -0.15) is 0 Å². The third-order valence-electron chi connectivity index (χ3n) is 4.33. The molecule has 0 fully saturated rings. The molecule has 2 rings (SSSR count). The number of aliphatic hydroxyl groups is 4. The van der Waals surface area contributed by atoms with Crippen LogP contribution in [-0.2, 0) is 21.0 Å². The molecule has 0 heterocycles. The molecule has 34 heavy (non-hydrogen) atoms. The molecule has 2 aromatic rings. The van der Waals surface area contributed by atoms with Crippen molar-refractivity contribution in [3.05, 3.63) is 70.8 Å². The summed E-state index contributed by atoms with van der Waals surface area (Å²) in [5.41, 5.74) is 2.67. The summed E-state index contributed by atoms with van der Waals surface area (Å²) in [4.78, 5) is 23.8. The molecule has 8 nitrogen and oxygen atoms in total. The monoisotopic (exact) mass is 526 g/mol. The van der Waals surface area contributed by atoms with Crippen LogP contribution in [0.25, 0.3) is 0 Å². The van der Waals surface area contributed by atoms with Crippen molar-refractivity contribution < 1.29 is 39.5 Å². The lowest BCUT2D eigenvalue weighted by Crippen LogP contribution is -2.21. The lowest BCUT2D eigenvalue weighted by Gasteiger charge is -2.09. The van der Waals surface area contributed by atoms with E-state index in [1.807, 2.05) is 0 Å². The first kappa shape index (κ1) is 28.2. The Kier molecular flexibility index (Phi) is 12.5. The minimum absolute atomic E-state index is 0.264. The number of thiocarbonyl (C=S) groups is 1. The zero-order valence-electron chi connectivity index (χ0n) is 18.2. The molecule has 0 radical (unpaired) electrons. The van der Waals surface area contributed by atoms with Gasteiger partial charge in [-0.05, 0) is 35.4 Å². The van der Waals surface area contributed by atoms with Crippen molar-refractivity contribution >= 4 is 51.2 Å². The predicted molar refractivity (Wildman–Crippen MR) is 135 cm³/mol. The first-order chi connectivity index (χ1) is 16.3. The van der Waals surface area contributed by atoms with E-state index >= 15 is 0 Å². The summed E-state index contributed by atoms with van der Waals surface area (Å²) in [6, 6.07) is 13.8. The summed E-state index contributed by atoms with van der Waals surface area (Å²) < 4.78 is 10.6. The van der Waals surface area contributed by atoms with E-state index in [1.54, 1.807) is 48.5 Å². The van der Waals surface area contributed by atoms with E-state index in [1.165, 1.54) is 23.5 Å². The van der Waals surface area contributed by atoms with Gasteiger partial charge >= 0.3 is 11.9 Å². The minimum Gasteiger partial charge on any atom is -0.459 e. The lowest BCUT2D eigenvalue weighted by atomic mass is 10.1. The van der Waals surface area contributed by atoms with Crippen molar-refractivity contribution in [1.82, 2.24) is 0 Å². The molecule has 2 atom stereocenters. The van der Waals surface area contributed by atoms with Gasteiger partial charge in [0.25, 0.3) is 0 Å². The summed E-state index contributed by atoms with van der Waals surface area (Å²) >= 11 is 8.41. The fourth-order valence-corrected chi connectivity index (χ4v) is 4.41. The average molecular weight is 527 g/mol. The maximum atomic E-state index is 11.9. The topological polar surface area (TPSA) is 134 Å². The molecule has 0 aliphatic rings. The second-order valence-corrected chi connectivity index (χ2v) is 10.2. The fourth-order valence-electron chi connectivity index (χ4n) is 2.42. The molecule has 4 N–H and O–H groups in total. The zero-order chi connectivity index (χ0) is 24.9. The normalized spacial score (nSPS) is 12.6. The summed E-state index contributed by atoms with van der Waals surface area (Å²) in [7, 11) is 0. The number of aliphatic hydroxyl groups excluding tert-OH is 4. The van der Waals surface area contributed by atoms with E-state index in [4.69, 9.17) is 31.9 Å². The molecule has 2 unspecified atom stereocenters. The Balaban J connectivity index is 1.73. The molecule has 0 spiro atoms. The van der Waals surface area contributed by atoms with Crippen LogP contribution in [0.2, 0.25) is 0 Å². The molecule has 11 heteroatoms. The highest BCUT2D eigenvalue weighted by Crippen LogP contribution is 2.25. The Morgan fingerprint density at radius 2 is 1.09 bits per heavy atom. The smallest absolute Gasteiger partial charge is 0.338 e. The highest BCUT2D eigenvalue weighted by molar-refractivity contribution is 8.46. The molecular weight excluding hydrogens is 500 g/mol. The molecule has 0 aliphatic heterocycles. The van der Waals surface area contributed by atoms with Crippen LogP contribution in [-0.4, -0.2) is 74.5 Å². The first-order valence-electron chi connectivity index (χ1n) is 10.2. The first-order valence-corrected chi connectivity index (χ1v) is 12.6. The molecule has 0 saturated carbocycles. The third-order valence-corrected chi connectivity index (χ3v) is 7.17. The molecule has 0 aromatic heterocycles. The van der Waals surface area contributed by atoms with Crippen molar-refractivity contribution in [2.75, 3.05) is 26.4 Å². The SMILES string of the molecule is O=C(OCC(O)CO)c1ccc(CSC(=S)SCc2ccc(C(=O)OCC(O)CO)cc2)cc1. The third kappa shape index (κ3) is 10.1. The Hall–Kier alpha value is -1.99. The van der Waals surface area contributed by atoms with E-state index in [9.17, 15) is 19.8 Å². The lowest BCUT2D eigenvalue weighted by molar-refractivity contribution is 0.00900. The van der Waals surface area contributed by atoms with Gasteiger partial charge in [0.15, 0.2) is 0 Å². The van der Waals surface area contributed by atoms with Gasteiger partial charge in [-0.1, -0.05) is 36.5 Å². The number of benzene rings is 2. The fraction of sp³-hybridized carbons (Fsp3) is 0.348. The van der Waals surface area contributed by atoms with Gasteiger partial charge < -0.3 is 29.9 Å². The predicted octanol–water partition coefficient (Wildman–Crippen LogP) is 2.16. The van der Waals surface area contributed by atoms with Crippen LogP contribution < -0.4 is 0 Å². The van der Waals surface area contributed by atoms with Crippen molar-refractivity contribution in [2.24, 2.45) is 0 Å². The van der Waals surface area contributed by atoms with E-state index in [0.717, 1.165) is 14.7 Å². The highest BCUT2D eigenvalue weighted by Gasteiger charge is 2.12. The van der Waals surface area contributed by atoms with Crippen LogP contribution in [0.4, 0.5) is 0 Å². The Bertz CT molecular complexity index is 859. The molecule has 184 valence electrons. The van der Waals surface area contributed by atoms with Gasteiger partial charge in [0.2, 0.25) is 0 Å². The number of esters is 2. The second kappa shape index (κ2) is 15.1. The maximum absolute atomic E-state index is 11.9. The van der Waals surface area contributed by atoms with Crippen molar-refractivity contribution in [1.29, 1.82) is 0 Å². The number of carbonyl (C=O) groups is 2. The minimum atomic E-state index is -1.09. The summed E-state index contributed by atoms with van der Waals surface area (Å²) in [5, 5.41) is 36.0. The van der Waals surface area contributed by atoms with Crippen LogP contribution in [0.1, 0.15) is 31.8 Å². The molecule has 2 aromatic carbocycles. The van der Waals surface area contributed by atoms with Gasteiger partial charge in [-0.25, -0.2) is 9.59 Å². The number of rotatable bonds is 12. The standard InChI is InChI=1S/C23H26O8S3/c24-9-19(26)11-30-21(28)17-5-1-15(2-6-17)13-33-23(32)34-14-16-3-7-18(8-4-16)22(29)31-12-20(27)10-25/h1-8,19-20,24-27H,9-14H2. The molecular formula is C23H26O8S3. The molecule has 0 saturated heterocycles. The van der Waals surface area contributed by atoms with Crippen LogP contribution in [0.5, 0.6) is 0 Å². The van der Waals surface area contributed by atoms with E-state index < -0.39 is 37.4 Å². The van der Waals surface area contributed by atoms with Crippen molar-refractivity contribution in [2.45, 2.75) is 23.7 Å². The summed E-state index contributed by atoms with van der Waals surface area (Å²) in [5.74, 6) is 0.128. The number of ether oxygens (including phenoxy) is 2. The van der Waals surface area contributed by atoms with Gasteiger partial charge in [0, 0.05) is 11.5 Å². The highest BCUT2D eigenvalue weighted by atomic mass is 32.2. The second-order valence-electron chi connectivity index (χ2n) is 7.09. The zero-order valence-corrected chi connectivity index (χ0v) is 20.6. The Morgan fingerprint density at radius 3 is 1.41 bits per heavy atom. The van der Waals surface area contributed by atoms with Gasteiger partial charge in [-0.15, -0.1) is 23.5 Å². The van der Waals surface area contributed by atoms with Crippen molar-refractivity contribution in [3.63, 3.8) is 0 Å². The molecule has 0 bridgehead atoms. The number of hydrogen-bond acceptors (Lipinski definition) is 11. The van der Waals surface area contributed by atoms with Crippen LogP contribution >= 0.6 is 35.7 Å². The summed E-state index contributed by atoms with van der Waals surface area (Å²) in [6.07, 6.45) is -2.19. The number of thioether (sulfide) groups is 2. The summed E-state index contributed by atoms with van der Waals surface area (Å²) in [6.45, 7) is -1.47. The van der Waals surface area contributed by atoms with Crippen molar-refractivity contribution in [3.8, 4) is 0 Å². The van der Waals surface area contributed by atoms with Crippen LogP contribution in [0.3, 0.4) is 0 Å². The molecule has 0 amide bonds. The van der Waals surface area contributed by atoms with Gasteiger partial charge in [-0.3, -0.25) is 0 Å². The van der Waals surface area contributed by atoms with Gasteiger partial charge in [0.1, 0.15) is 29.0 Å². The Morgan fingerprint density at radius 1 is 0.735 bits per heavy atom. The van der Waals surface area contributed by atoms with Crippen LogP contribution in [0, 0.1) is 0 Å². The quantitative estimate of drug-likeness (QED) is 0.239. The molecule has 0 aliphatic carbocycles. The van der Waals surface area contributed by atoms with E-state index in [2.05, 4.69) is 0 Å². The number of carbonyl (C=O) groups excluding carboxylic acids is 2. The average Bonchev–Trinajstić information content (AvgIpc) is 2.87.